The van der Waals surface area contributed by atoms with E-state index >= 15 is 0 Å². The highest BCUT2D eigenvalue weighted by molar-refractivity contribution is 7.13. The van der Waals surface area contributed by atoms with Gasteiger partial charge in [-0.15, -0.1) is 11.3 Å². The number of benzene rings is 1. The highest BCUT2D eigenvalue weighted by Crippen LogP contribution is 2.27. The van der Waals surface area contributed by atoms with Crippen LogP contribution in [-0.4, -0.2) is 16.7 Å². The third-order valence-electron chi connectivity index (χ3n) is 2.57. The molecule has 1 N–H and O–H groups in total. The van der Waals surface area contributed by atoms with Crippen LogP contribution in [0.4, 0.5) is 0 Å². The van der Waals surface area contributed by atoms with Crippen LogP contribution in [0.3, 0.4) is 0 Å². The van der Waals surface area contributed by atoms with Crippen molar-refractivity contribution >= 4 is 11.3 Å². The van der Waals surface area contributed by atoms with Crippen molar-refractivity contribution < 1.29 is 5.11 Å². The largest absolute Gasteiger partial charge is 0.396 e. The second-order valence-electron chi connectivity index (χ2n) is 4.03. The molecule has 0 bridgehead atoms. The van der Waals surface area contributed by atoms with Gasteiger partial charge in [0.15, 0.2) is 0 Å². The summed E-state index contributed by atoms with van der Waals surface area (Å²) >= 11 is 1.63. The fourth-order valence-corrected chi connectivity index (χ4v) is 2.46. The maximum atomic E-state index is 9.08. The van der Waals surface area contributed by atoms with Crippen molar-refractivity contribution in [3.05, 3.63) is 40.9 Å². The van der Waals surface area contributed by atoms with Crippen LogP contribution in [0.25, 0.3) is 10.6 Å². The summed E-state index contributed by atoms with van der Waals surface area (Å²) < 4.78 is 0. The van der Waals surface area contributed by atoms with Gasteiger partial charge in [-0.3, -0.25) is 0 Å². The van der Waals surface area contributed by atoms with Gasteiger partial charge in [0.2, 0.25) is 0 Å². The molecule has 0 spiro atoms. The maximum absolute atomic E-state index is 9.08. The van der Waals surface area contributed by atoms with Gasteiger partial charge >= 0.3 is 0 Å². The van der Waals surface area contributed by atoms with E-state index in [0.717, 1.165) is 16.3 Å². The zero-order valence-corrected chi connectivity index (χ0v) is 10.3. The second kappa shape index (κ2) is 4.76. The molecule has 0 amide bonds. The van der Waals surface area contributed by atoms with Gasteiger partial charge in [-0.25, -0.2) is 4.98 Å². The first-order valence-corrected chi connectivity index (χ1v) is 6.22. The topological polar surface area (TPSA) is 33.1 Å². The Kier molecular flexibility index (Phi) is 3.36. The van der Waals surface area contributed by atoms with Gasteiger partial charge in [-0.1, -0.05) is 30.7 Å². The zero-order chi connectivity index (χ0) is 11.5. The van der Waals surface area contributed by atoms with Crippen LogP contribution in [0, 0.1) is 6.92 Å². The highest BCUT2D eigenvalue weighted by Gasteiger charge is 2.10. The van der Waals surface area contributed by atoms with Gasteiger partial charge < -0.3 is 5.11 Å². The predicted octanol–water partition coefficient (Wildman–Crippen LogP) is 3.21. The molecule has 16 heavy (non-hydrogen) atoms. The number of aliphatic hydroxyl groups excluding tert-OH is 1. The Morgan fingerprint density at radius 3 is 2.94 bits per heavy atom. The van der Waals surface area contributed by atoms with Crippen molar-refractivity contribution in [1.82, 2.24) is 4.98 Å². The van der Waals surface area contributed by atoms with E-state index in [2.05, 4.69) is 30.1 Å². The molecule has 0 saturated carbocycles. The Bertz CT molecular complexity index is 478. The van der Waals surface area contributed by atoms with Gasteiger partial charge in [-0.2, -0.15) is 0 Å². The molecular weight excluding hydrogens is 218 g/mol. The molecule has 0 aliphatic rings. The van der Waals surface area contributed by atoms with Crippen LogP contribution >= 0.6 is 11.3 Å². The lowest BCUT2D eigenvalue weighted by atomic mass is 10.1. The van der Waals surface area contributed by atoms with Crippen molar-refractivity contribution in [2.24, 2.45) is 0 Å². The molecule has 1 aromatic carbocycles. The van der Waals surface area contributed by atoms with Gasteiger partial charge in [0.1, 0.15) is 5.01 Å². The lowest BCUT2D eigenvalue weighted by Gasteiger charge is -2.02. The Balaban J connectivity index is 2.31. The fraction of sp³-hybridized carbons (Fsp3) is 0.308. The normalized spacial score (nSPS) is 12.7. The molecule has 1 atom stereocenters. The molecule has 2 nitrogen and oxygen atoms in total. The quantitative estimate of drug-likeness (QED) is 0.883. The minimum Gasteiger partial charge on any atom is -0.396 e. The molecule has 1 unspecified atom stereocenters. The molecule has 1 aromatic heterocycles. The van der Waals surface area contributed by atoms with E-state index in [1.807, 2.05) is 18.4 Å². The minimum absolute atomic E-state index is 0.120. The summed E-state index contributed by atoms with van der Waals surface area (Å²) in [5, 5.41) is 12.1. The number of aryl methyl sites for hydroxylation is 1. The fourth-order valence-electron chi connectivity index (χ4n) is 1.52. The number of aromatic nitrogens is 1. The van der Waals surface area contributed by atoms with E-state index in [9.17, 15) is 0 Å². The van der Waals surface area contributed by atoms with E-state index in [1.165, 1.54) is 5.56 Å². The van der Waals surface area contributed by atoms with Crippen molar-refractivity contribution in [1.29, 1.82) is 0 Å². The number of rotatable bonds is 3. The third-order valence-corrected chi connectivity index (χ3v) is 3.48. The Morgan fingerprint density at radius 1 is 1.44 bits per heavy atom. The smallest absolute Gasteiger partial charge is 0.123 e. The molecule has 2 rings (SSSR count). The summed E-state index contributed by atoms with van der Waals surface area (Å²) in [5.74, 6) is 0.120. The average Bonchev–Trinajstić information content (AvgIpc) is 2.77. The molecule has 0 aliphatic heterocycles. The van der Waals surface area contributed by atoms with Crippen LogP contribution < -0.4 is 0 Å². The molecule has 1 heterocycles. The molecule has 0 saturated heterocycles. The van der Waals surface area contributed by atoms with Crippen molar-refractivity contribution in [3.63, 3.8) is 0 Å². The van der Waals surface area contributed by atoms with Gasteiger partial charge in [0.05, 0.1) is 12.3 Å². The third kappa shape index (κ3) is 2.31. The Labute approximate surface area is 99.6 Å². The zero-order valence-electron chi connectivity index (χ0n) is 9.47. The summed E-state index contributed by atoms with van der Waals surface area (Å²) in [7, 11) is 0. The van der Waals surface area contributed by atoms with Crippen LogP contribution in [0.15, 0.2) is 29.6 Å². The first kappa shape index (κ1) is 11.3. The monoisotopic (exact) mass is 233 g/mol. The van der Waals surface area contributed by atoms with Gasteiger partial charge in [0.25, 0.3) is 0 Å². The van der Waals surface area contributed by atoms with Gasteiger partial charge in [-0.05, 0) is 13.0 Å². The second-order valence-corrected chi connectivity index (χ2v) is 4.89. The first-order chi connectivity index (χ1) is 7.70. The number of hydrogen-bond acceptors (Lipinski definition) is 3. The van der Waals surface area contributed by atoms with E-state index in [-0.39, 0.29) is 12.5 Å². The highest BCUT2D eigenvalue weighted by atomic mass is 32.1. The minimum atomic E-state index is 0.120. The first-order valence-electron chi connectivity index (χ1n) is 5.34. The Hall–Kier alpha value is -1.19. The summed E-state index contributed by atoms with van der Waals surface area (Å²) in [6.07, 6.45) is 0. The predicted molar refractivity (Wildman–Crippen MR) is 67.8 cm³/mol. The molecule has 0 aliphatic carbocycles. The average molecular weight is 233 g/mol. The molecule has 3 heteroatoms. The van der Waals surface area contributed by atoms with Crippen LogP contribution in [0.2, 0.25) is 0 Å². The lowest BCUT2D eigenvalue weighted by Crippen LogP contribution is -1.98. The van der Waals surface area contributed by atoms with E-state index < -0.39 is 0 Å². The van der Waals surface area contributed by atoms with Crippen LogP contribution in [0.1, 0.15) is 24.1 Å². The van der Waals surface area contributed by atoms with Gasteiger partial charge in [0, 0.05) is 16.9 Å². The summed E-state index contributed by atoms with van der Waals surface area (Å²) in [6, 6.07) is 8.32. The summed E-state index contributed by atoms with van der Waals surface area (Å²) in [4.78, 5) is 4.55. The maximum Gasteiger partial charge on any atom is 0.123 e. The summed E-state index contributed by atoms with van der Waals surface area (Å²) in [6.45, 7) is 4.21. The molecule has 0 radical (unpaired) electrons. The molecule has 2 aromatic rings. The van der Waals surface area contributed by atoms with Crippen LogP contribution in [0.5, 0.6) is 0 Å². The molecule has 84 valence electrons. The van der Waals surface area contributed by atoms with Crippen molar-refractivity contribution in [2.75, 3.05) is 6.61 Å². The Morgan fingerprint density at radius 2 is 2.25 bits per heavy atom. The molecule has 0 fully saturated rings. The van der Waals surface area contributed by atoms with Crippen LogP contribution in [-0.2, 0) is 0 Å². The van der Waals surface area contributed by atoms with E-state index in [0.29, 0.717) is 0 Å². The lowest BCUT2D eigenvalue weighted by molar-refractivity contribution is 0.271. The van der Waals surface area contributed by atoms with E-state index in [1.54, 1.807) is 11.3 Å². The SMILES string of the molecule is Cc1cccc(-c2nc(C(C)CO)cs2)c1. The van der Waals surface area contributed by atoms with Crippen molar-refractivity contribution in [2.45, 2.75) is 19.8 Å². The van der Waals surface area contributed by atoms with Crippen molar-refractivity contribution in [3.8, 4) is 10.6 Å². The number of aliphatic hydroxyl groups is 1. The number of hydrogen-bond donors (Lipinski definition) is 1. The standard InChI is InChI=1S/C13H15NOS/c1-9-4-3-5-11(6-9)13-14-12(8-16-13)10(2)7-15/h3-6,8,10,15H,7H2,1-2H3. The summed E-state index contributed by atoms with van der Waals surface area (Å²) in [5.41, 5.74) is 3.37. The van der Waals surface area contributed by atoms with E-state index in [4.69, 9.17) is 5.11 Å². The number of thiazole rings is 1. The number of nitrogens with zero attached hydrogens (tertiary/aromatic N) is 1. The molecular formula is C13H15NOS.